The second-order valence-electron chi connectivity index (χ2n) is 6.39. The molecule has 2 heterocycles. The van der Waals surface area contributed by atoms with Crippen LogP contribution in [0.1, 0.15) is 33.1 Å². The Kier molecular flexibility index (Phi) is 1.74. The van der Waals surface area contributed by atoms with Crippen LogP contribution >= 0.6 is 0 Å². The second-order valence-corrected chi connectivity index (χ2v) is 6.39. The lowest BCUT2D eigenvalue weighted by molar-refractivity contribution is -0.141. The second kappa shape index (κ2) is 2.90. The Morgan fingerprint density at radius 2 is 2.28 bits per heavy atom. The monoisotopic (exact) mass is 246 g/mol. The van der Waals surface area contributed by atoms with E-state index >= 15 is 0 Å². The molecule has 96 valence electrons. The molecule has 5 atom stereocenters. The van der Waals surface area contributed by atoms with Crippen LogP contribution < -0.4 is 0 Å². The largest absolute Gasteiger partial charge is 0.458 e. The third-order valence-corrected chi connectivity index (χ3v) is 5.59. The molecule has 0 aromatic rings. The fourth-order valence-corrected chi connectivity index (χ4v) is 4.45. The molecule has 3 nitrogen and oxygen atoms in total. The van der Waals surface area contributed by atoms with Crippen LogP contribution in [0.4, 0.5) is 0 Å². The van der Waals surface area contributed by atoms with Crippen LogP contribution in [0.15, 0.2) is 23.8 Å². The maximum atomic E-state index is 11.8. The van der Waals surface area contributed by atoms with Crippen molar-refractivity contribution in [3.8, 4) is 0 Å². The molecule has 18 heavy (non-hydrogen) atoms. The number of hydrogen-bond donors (Lipinski definition) is 0. The van der Waals surface area contributed by atoms with E-state index in [1.807, 2.05) is 0 Å². The number of carbonyl (C=O) groups is 1. The lowest BCUT2D eigenvalue weighted by atomic mass is 9.78. The first-order chi connectivity index (χ1) is 8.48. The Morgan fingerprint density at radius 1 is 1.50 bits per heavy atom. The maximum Gasteiger partial charge on any atom is 0.334 e. The molecule has 4 rings (SSSR count). The first-order valence-corrected chi connectivity index (χ1v) is 6.75. The number of hydrogen-bond acceptors (Lipinski definition) is 3. The lowest BCUT2D eigenvalue weighted by Gasteiger charge is -2.26. The Hall–Kier alpha value is -1.09. The smallest absolute Gasteiger partial charge is 0.334 e. The molecule has 0 aromatic carbocycles. The van der Waals surface area contributed by atoms with Crippen LogP contribution in [-0.4, -0.2) is 23.3 Å². The van der Waals surface area contributed by atoms with Gasteiger partial charge in [0.1, 0.15) is 11.7 Å². The highest BCUT2D eigenvalue weighted by molar-refractivity contribution is 5.91. The summed E-state index contributed by atoms with van der Waals surface area (Å²) < 4.78 is 11.8. The van der Waals surface area contributed by atoms with E-state index in [2.05, 4.69) is 26.5 Å². The molecule has 0 bridgehead atoms. The van der Waals surface area contributed by atoms with Gasteiger partial charge in [-0.2, -0.15) is 0 Å². The van der Waals surface area contributed by atoms with Crippen molar-refractivity contribution >= 4 is 5.97 Å². The zero-order valence-electron chi connectivity index (χ0n) is 10.9. The van der Waals surface area contributed by atoms with Crippen LogP contribution in [0.2, 0.25) is 0 Å². The molecule has 2 saturated heterocycles. The van der Waals surface area contributed by atoms with Gasteiger partial charge in [-0.3, -0.25) is 0 Å². The molecule has 2 aliphatic carbocycles. The summed E-state index contributed by atoms with van der Waals surface area (Å²) in [5.74, 6) is 0.219. The van der Waals surface area contributed by atoms with Crippen molar-refractivity contribution in [2.24, 2.45) is 11.8 Å². The van der Waals surface area contributed by atoms with Crippen LogP contribution in [0.3, 0.4) is 0 Å². The standard InChI is InChI=1S/C15H18O3/c1-8-4-7-15-11(8)12-10(9(2)13(16)17-12)5-6-14(15,3)18-15/h4,10-12H,2,5-7H2,1,3H3/t10?,11?,12?,14-,15?/m0/s1. The molecule has 3 fully saturated rings. The number of esters is 1. The zero-order chi connectivity index (χ0) is 12.7. The lowest BCUT2D eigenvalue weighted by Crippen LogP contribution is -2.37. The predicted octanol–water partition coefficient (Wildman–Crippen LogP) is 2.37. The highest BCUT2D eigenvalue weighted by Gasteiger charge is 2.75. The topological polar surface area (TPSA) is 38.8 Å². The number of fused-ring (bicyclic) bond motifs is 2. The van der Waals surface area contributed by atoms with E-state index in [0.717, 1.165) is 19.3 Å². The van der Waals surface area contributed by atoms with Gasteiger partial charge in [0.25, 0.3) is 0 Å². The SMILES string of the molecule is C=C1C(=O)OC2C1CC[C@]1(C)OC13CC=C(C)C23. The van der Waals surface area contributed by atoms with Crippen molar-refractivity contribution < 1.29 is 14.3 Å². The minimum absolute atomic E-state index is 0.0248. The molecule has 1 spiro atoms. The number of carbonyl (C=O) groups excluding carboxylic acids is 1. The summed E-state index contributed by atoms with van der Waals surface area (Å²) in [6.07, 6.45) is 5.13. The van der Waals surface area contributed by atoms with Crippen molar-refractivity contribution in [1.29, 1.82) is 0 Å². The first-order valence-electron chi connectivity index (χ1n) is 6.75. The summed E-state index contributed by atoms with van der Waals surface area (Å²) in [5, 5.41) is 0. The summed E-state index contributed by atoms with van der Waals surface area (Å²) in [4.78, 5) is 11.8. The van der Waals surface area contributed by atoms with Gasteiger partial charge in [-0.05, 0) is 33.1 Å². The van der Waals surface area contributed by atoms with E-state index in [1.54, 1.807) is 0 Å². The third kappa shape index (κ3) is 0.993. The van der Waals surface area contributed by atoms with E-state index in [4.69, 9.17) is 9.47 Å². The average molecular weight is 246 g/mol. The molecule has 1 saturated carbocycles. The van der Waals surface area contributed by atoms with Crippen molar-refractivity contribution in [2.45, 2.75) is 50.4 Å². The average Bonchev–Trinajstić information content (AvgIpc) is 2.65. The molecular formula is C15H18O3. The van der Waals surface area contributed by atoms with Gasteiger partial charge in [0, 0.05) is 17.4 Å². The van der Waals surface area contributed by atoms with E-state index in [-0.39, 0.29) is 35.1 Å². The van der Waals surface area contributed by atoms with E-state index in [1.165, 1.54) is 5.57 Å². The molecule has 0 aromatic heterocycles. The summed E-state index contributed by atoms with van der Waals surface area (Å²) >= 11 is 0. The van der Waals surface area contributed by atoms with Crippen LogP contribution in [0.25, 0.3) is 0 Å². The summed E-state index contributed by atoms with van der Waals surface area (Å²) in [6, 6.07) is 0. The normalized spacial score (nSPS) is 53.0. The number of rotatable bonds is 0. The molecular weight excluding hydrogens is 228 g/mol. The van der Waals surface area contributed by atoms with Gasteiger partial charge in [0.2, 0.25) is 0 Å². The fraction of sp³-hybridized carbons (Fsp3) is 0.667. The summed E-state index contributed by atoms with van der Waals surface area (Å²) in [6.45, 7) is 8.27. The molecule has 0 amide bonds. The predicted molar refractivity (Wildman–Crippen MR) is 65.8 cm³/mol. The van der Waals surface area contributed by atoms with Gasteiger partial charge in [-0.1, -0.05) is 18.2 Å². The maximum absolute atomic E-state index is 11.8. The molecule has 4 aliphatic rings. The van der Waals surface area contributed by atoms with Crippen LogP contribution in [0, 0.1) is 11.8 Å². The van der Waals surface area contributed by atoms with Crippen molar-refractivity contribution in [1.82, 2.24) is 0 Å². The fourth-order valence-electron chi connectivity index (χ4n) is 4.45. The third-order valence-electron chi connectivity index (χ3n) is 5.59. The van der Waals surface area contributed by atoms with E-state index in [9.17, 15) is 4.79 Å². The minimum Gasteiger partial charge on any atom is -0.458 e. The first kappa shape index (κ1) is 10.8. The van der Waals surface area contributed by atoms with E-state index < -0.39 is 0 Å². The molecule has 2 aliphatic heterocycles. The van der Waals surface area contributed by atoms with Crippen LogP contribution in [-0.2, 0) is 14.3 Å². The Morgan fingerprint density at radius 3 is 3.06 bits per heavy atom. The highest BCUT2D eigenvalue weighted by atomic mass is 16.6. The summed E-state index contributed by atoms with van der Waals surface area (Å²) in [7, 11) is 0. The Bertz CT molecular complexity index is 506. The zero-order valence-corrected chi connectivity index (χ0v) is 10.9. The van der Waals surface area contributed by atoms with Crippen LogP contribution in [0.5, 0.6) is 0 Å². The van der Waals surface area contributed by atoms with Gasteiger partial charge in [0.05, 0.1) is 5.60 Å². The number of epoxide rings is 1. The molecule has 4 unspecified atom stereocenters. The Balaban J connectivity index is 1.81. The number of ether oxygens (including phenoxy) is 2. The molecule has 0 N–H and O–H groups in total. The minimum atomic E-state index is -0.205. The van der Waals surface area contributed by atoms with Gasteiger partial charge in [0.15, 0.2) is 0 Å². The van der Waals surface area contributed by atoms with E-state index in [0.29, 0.717) is 5.57 Å². The molecule has 0 radical (unpaired) electrons. The quantitative estimate of drug-likeness (QED) is 0.285. The van der Waals surface area contributed by atoms with Crippen molar-refractivity contribution in [2.75, 3.05) is 0 Å². The Labute approximate surface area is 107 Å². The van der Waals surface area contributed by atoms with Gasteiger partial charge < -0.3 is 9.47 Å². The van der Waals surface area contributed by atoms with Gasteiger partial charge in [-0.25, -0.2) is 4.79 Å². The molecule has 3 heteroatoms. The van der Waals surface area contributed by atoms with Gasteiger partial charge in [-0.15, -0.1) is 0 Å². The van der Waals surface area contributed by atoms with Crippen molar-refractivity contribution in [3.63, 3.8) is 0 Å². The summed E-state index contributed by atoms with van der Waals surface area (Å²) in [5.41, 5.74) is 1.86. The van der Waals surface area contributed by atoms with Crippen molar-refractivity contribution in [3.05, 3.63) is 23.8 Å². The van der Waals surface area contributed by atoms with Gasteiger partial charge >= 0.3 is 5.97 Å². The highest BCUT2D eigenvalue weighted by Crippen LogP contribution is 2.67.